The van der Waals surface area contributed by atoms with Crippen LogP contribution in [0.4, 0.5) is 5.82 Å². The molecule has 1 aromatic carbocycles. The summed E-state index contributed by atoms with van der Waals surface area (Å²) in [5, 5.41) is 9.52. The first-order chi connectivity index (χ1) is 15.4. The van der Waals surface area contributed by atoms with Crippen molar-refractivity contribution in [2.24, 2.45) is 17.9 Å². The summed E-state index contributed by atoms with van der Waals surface area (Å²) in [5.41, 5.74) is 2.40. The number of rotatable bonds is 5. The Morgan fingerprint density at radius 1 is 1.00 bits per heavy atom. The molecule has 1 amide bonds. The van der Waals surface area contributed by atoms with Crippen molar-refractivity contribution in [2.45, 2.75) is 19.3 Å². The maximum atomic E-state index is 13.1. The summed E-state index contributed by atoms with van der Waals surface area (Å²) in [5.74, 6) is 0.789. The molecule has 3 saturated carbocycles. The fraction of sp³-hybridized carbons (Fsp3) is 0.480. The van der Waals surface area contributed by atoms with Crippen LogP contribution in [0, 0.1) is 10.8 Å². The number of carbonyl (C=O) groups is 1. The zero-order chi connectivity index (χ0) is 21.9. The van der Waals surface area contributed by atoms with Crippen molar-refractivity contribution >= 4 is 22.5 Å². The molecule has 4 aliphatic rings. The van der Waals surface area contributed by atoms with Gasteiger partial charge in [0.2, 0.25) is 5.91 Å². The summed E-state index contributed by atoms with van der Waals surface area (Å²) in [4.78, 5) is 22.6. The third-order valence-electron chi connectivity index (χ3n) is 7.78. The Morgan fingerprint density at radius 2 is 1.78 bits per heavy atom. The number of carbonyl (C=O) groups excluding carboxylic acids is 1. The first-order valence-corrected chi connectivity index (χ1v) is 11.5. The van der Waals surface area contributed by atoms with Crippen LogP contribution in [-0.4, -0.2) is 70.2 Å². The number of hydrogen-bond acceptors (Lipinski definition) is 5. The van der Waals surface area contributed by atoms with Crippen molar-refractivity contribution in [1.29, 1.82) is 0 Å². The van der Waals surface area contributed by atoms with Crippen LogP contribution in [-0.2, 0) is 11.8 Å². The van der Waals surface area contributed by atoms with Crippen LogP contribution in [0.3, 0.4) is 0 Å². The lowest BCUT2D eigenvalue weighted by atomic mass is 9.34. The monoisotopic (exact) mass is 430 g/mol. The largest absolute Gasteiger partial charge is 0.310 e. The number of amides is 1. The van der Waals surface area contributed by atoms with E-state index in [9.17, 15) is 4.79 Å². The highest BCUT2D eigenvalue weighted by Gasteiger charge is 2.71. The van der Waals surface area contributed by atoms with Crippen molar-refractivity contribution in [3.8, 4) is 11.1 Å². The molecule has 3 aromatic rings. The Morgan fingerprint density at radius 3 is 2.50 bits per heavy atom. The second-order valence-electron chi connectivity index (χ2n) is 10.4. The van der Waals surface area contributed by atoms with E-state index in [-0.39, 0.29) is 11.3 Å². The molecule has 2 aromatic heterocycles. The molecule has 3 aliphatic carbocycles. The fourth-order valence-corrected chi connectivity index (χ4v) is 6.10. The van der Waals surface area contributed by atoms with E-state index in [1.807, 2.05) is 31.7 Å². The Bertz CT molecular complexity index is 1170. The van der Waals surface area contributed by atoms with Crippen LogP contribution >= 0.6 is 0 Å². The van der Waals surface area contributed by atoms with Crippen LogP contribution in [0.1, 0.15) is 19.3 Å². The average Bonchev–Trinajstić information content (AvgIpc) is 3.16. The number of piperazine rings is 1. The number of hydrogen-bond donors (Lipinski definition) is 1. The zero-order valence-corrected chi connectivity index (χ0v) is 18.8. The highest BCUT2D eigenvalue weighted by atomic mass is 16.2. The highest BCUT2D eigenvalue weighted by Crippen LogP contribution is 2.73. The van der Waals surface area contributed by atoms with Crippen LogP contribution in [0.25, 0.3) is 21.9 Å². The Kier molecular flexibility index (Phi) is 4.42. The number of fused-ring (bicyclic) bond motifs is 1. The van der Waals surface area contributed by atoms with Gasteiger partial charge in [-0.3, -0.25) is 9.48 Å². The average molecular weight is 431 g/mol. The van der Waals surface area contributed by atoms with Crippen molar-refractivity contribution < 1.29 is 4.79 Å². The van der Waals surface area contributed by atoms with Crippen molar-refractivity contribution in [1.82, 2.24) is 24.6 Å². The molecule has 7 rings (SSSR count). The minimum absolute atomic E-state index is 0.146. The van der Waals surface area contributed by atoms with Crippen molar-refractivity contribution in [2.75, 3.05) is 45.1 Å². The lowest BCUT2D eigenvalue weighted by molar-refractivity contribution is -0.210. The van der Waals surface area contributed by atoms with Crippen LogP contribution < -0.4 is 5.32 Å². The lowest BCUT2D eigenvalue weighted by Crippen LogP contribution is -2.70. The molecule has 4 fully saturated rings. The standard InChI is InChI=1S/C25H30N6O/c1-29-5-7-31(8-6-29)17-24-14-25(15-24,16-24)23(32)28-22-10-20-9-18(3-4-19(20)11-26-22)21-12-27-30(2)13-21/h3-4,9-13H,5-8,14-17H2,1-2H3,(H,26,28,32). The van der Waals surface area contributed by atoms with Gasteiger partial charge in [0.1, 0.15) is 5.82 Å². The predicted molar refractivity (Wildman–Crippen MR) is 125 cm³/mol. The molecular formula is C25H30N6O. The molecule has 0 atom stereocenters. The topological polar surface area (TPSA) is 66.3 Å². The fourth-order valence-electron chi connectivity index (χ4n) is 6.10. The van der Waals surface area contributed by atoms with Gasteiger partial charge in [0, 0.05) is 63.1 Å². The Labute approximate surface area is 188 Å². The van der Waals surface area contributed by atoms with E-state index in [0.29, 0.717) is 11.2 Å². The first kappa shape index (κ1) is 19.9. The van der Waals surface area contributed by atoms with E-state index in [1.165, 1.54) is 0 Å². The number of aromatic nitrogens is 3. The summed E-state index contributed by atoms with van der Waals surface area (Å²) < 4.78 is 1.80. The van der Waals surface area contributed by atoms with Crippen LogP contribution in [0.15, 0.2) is 42.9 Å². The maximum absolute atomic E-state index is 13.1. The van der Waals surface area contributed by atoms with Gasteiger partial charge in [0.25, 0.3) is 0 Å². The minimum atomic E-state index is -0.166. The number of anilines is 1. The Hall–Kier alpha value is -2.77. The van der Waals surface area contributed by atoms with Gasteiger partial charge >= 0.3 is 0 Å². The summed E-state index contributed by atoms with van der Waals surface area (Å²) >= 11 is 0. The quantitative estimate of drug-likeness (QED) is 0.674. The number of pyridine rings is 1. The second kappa shape index (κ2) is 7.12. The molecule has 3 heterocycles. The molecule has 0 spiro atoms. The van der Waals surface area contributed by atoms with E-state index in [1.54, 1.807) is 4.68 Å². The smallest absolute Gasteiger partial charge is 0.231 e. The van der Waals surface area contributed by atoms with E-state index < -0.39 is 0 Å². The third kappa shape index (κ3) is 3.31. The molecule has 0 unspecified atom stereocenters. The van der Waals surface area contributed by atoms with Gasteiger partial charge < -0.3 is 15.1 Å². The maximum Gasteiger partial charge on any atom is 0.231 e. The zero-order valence-electron chi connectivity index (χ0n) is 18.8. The molecule has 7 heteroatoms. The normalized spacial score (nSPS) is 27.7. The van der Waals surface area contributed by atoms with E-state index in [2.05, 4.69) is 50.4 Å². The van der Waals surface area contributed by atoms with E-state index >= 15 is 0 Å². The van der Waals surface area contributed by atoms with Gasteiger partial charge in [0.15, 0.2) is 0 Å². The van der Waals surface area contributed by atoms with E-state index in [4.69, 9.17) is 0 Å². The summed E-state index contributed by atoms with van der Waals surface area (Å²) in [6.45, 7) is 5.76. The number of aryl methyl sites for hydroxylation is 1. The van der Waals surface area contributed by atoms with E-state index in [0.717, 1.165) is 73.9 Å². The molecule has 1 aliphatic heterocycles. The van der Waals surface area contributed by atoms with Gasteiger partial charge in [-0.1, -0.05) is 12.1 Å². The molecule has 1 saturated heterocycles. The van der Waals surface area contributed by atoms with Gasteiger partial charge in [-0.15, -0.1) is 0 Å². The Balaban J connectivity index is 1.11. The predicted octanol–water partition coefficient (Wildman–Crippen LogP) is 2.99. The summed E-state index contributed by atoms with van der Waals surface area (Å²) in [7, 11) is 4.11. The number of benzene rings is 1. The second-order valence-corrected chi connectivity index (χ2v) is 10.4. The number of nitrogens with zero attached hydrogens (tertiary/aromatic N) is 5. The molecule has 32 heavy (non-hydrogen) atoms. The minimum Gasteiger partial charge on any atom is -0.310 e. The van der Waals surface area contributed by atoms with Crippen molar-refractivity contribution in [3.63, 3.8) is 0 Å². The molecule has 1 N–H and O–H groups in total. The first-order valence-electron chi connectivity index (χ1n) is 11.5. The van der Waals surface area contributed by atoms with Crippen LogP contribution in [0.5, 0.6) is 0 Å². The summed E-state index contributed by atoms with van der Waals surface area (Å²) in [6, 6.07) is 8.27. The molecule has 2 bridgehead atoms. The van der Waals surface area contributed by atoms with Gasteiger partial charge in [-0.25, -0.2) is 4.98 Å². The molecule has 7 nitrogen and oxygen atoms in total. The third-order valence-corrected chi connectivity index (χ3v) is 7.78. The summed E-state index contributed by atoms with van der Waals surface area (Å²) in [6.07, 6.45) is 8.79. The lowest BCUT2D eigenvalue weighted by Gasteiger charge is -2.70. The van der Waals surface area contributed by atoms with Gasteiger partial charge in [-0.05, 0) is 54.8 Å². The van der Waals surface area contributed by atoms with Crippen LogP contribution in [0.2, 0.25) is 0 Å². The highest BCUT2D eigenvalue weighted by molar-refractivity contribution is 5.99. The molecule has 0 radical (unpaired) electrons. The van der Waals surface area contributed by atoms with Crippen molar-refractivity contribution in [3.05, 3.63) is 42.9 Å². The molecule has 166 valence electrons. The van der Waals surface area contributed by atoms with Gasteiger partial charge in [-0.2, -0.15) is 5.10 Å². The SMILES string of the molecule is CN1CCN(CC23CC(C(=O)Nc4cc5cc(-c6cnn(C)c6)ccc5cn4)(C2)C3)CC1. The number of nitrogens with one attached hydrogen (secondary N) is 1. The number of likely N-dealkylation sites (N-methyl/N-ethyl adjacent to an activating group) is 1. The van der Waals surface area contributed by atoms with Gasteiger partial charge in [0.05, 0.1) is 11.6 Å². The molecular weight excluding hydrogens is 400 g/mol.